The molecule has 1 heterocycles. The Bertz CT molecular complexity index is 402. The number of nitrogens with zero attached hydrogens (tertiary/aromatic N) is 1. The van der Waals surface area contributed by atoms with Crippen LogP contribution in [0.5, 0.6) is 0 Å². The van der Waals surface area contributed by atoms with Crippen molar-refractivity contribution in [3.05, 3.63) is 24.0 Å². The fraction of sp³-hybridized carbons (Fsp3) is 0.571. The molecule has 0 unspecified atom stereocenters. The summed E-state index contributed by atoms with van der Waals surface area (Å²) in [5.74, 6) is -0.0605. The molecule has 1 aliphatic carbocycles. The summed E-state index contributed by atoms with van der Waals surface area (Å²) in [4.78, 5) is 15.9. The summed E-state index contributed by atoms with van der Waals surface area (Å²) in [6.45, 7) is 3.13. The van der Waals surface area contributed by atoms with Crippen LogP contribution in [-0.4, -0.2) is 23.5 Å². The summed E-state index contributed by atoms with van der Waals surface area (Å²) in [5.41, 5.74) is 1.48. The number of aromatic nitrogens is 1. The number of carbonyl (C=O) groups excluding carboxylic acids is 1. The van der Waals surface area contributed by atoms with Gasteiger partial charge in [-0.15, -0.1) is 0 Å². The van der Waals surface area contributed by atoms with Crippen LogP contribution >= 0.6 is 0 Å². The summed E-state index contributed by atoms with van der Waals surface area (Å²) < 4.78 is 0. The summed E-state index contributed by atoms with van der Waals surface area (Å²) in [5, 5.41) is 6.27. The zero-order valence-corrected chi connectivity index (χ0v) is 10.9. The van der Waals surface area contributed by atoms with Crippen molar-refractivity contribution in [3.8, 4) is 0 Å². The first-order valence-electron chi connectivity index (χ1n) is 6.80. The van der Waals surface area contributed by atoms with Gasteiger partial charge in [0.25, 0.3) is 5.91 Å². The maximum atomic E-state index is 11.8. The summed E-state index contributed by atoms with van der Waals surface area (Å²) in [6, 6.07) is 4.10. The number of hydrogen-bond donors (Lipinski definition) is 2. The molecule has 1 fully saturated rings. The van der Waals surface area contributed by atoms with Crippen molar-refractivity contribution < 1.29 is 4.79 Å². The second-order valence-electron chi connectivity index (χ2n) is 4.81. The summed E-state index contributed by atoms with van der Waals surface area (Å²) >= 11 is 0. The summed E-state index contributed by atoms with van der Waals surface area (Å²) in [7, 11) is 0. The van der Waals surface area contributed by atoms with E-state index in [1.807, 2.05) is 12.1 Å². The first kappa shape index (κ1) is 12.9. The zero-order valence-electron chi connectivity index (χ0n) is 10.9. The van der Waals surface area contributed by atoms with Gasteiger partial charge in [-0.3, -0.25) is 9.78 Å². The SMILES string of the molecule is CCCCCNc1ccnc(C(=O)NC2CC2)c1. The van der Waals surface area contributed by atoms with Crippen LogP contribution in [-0.2, 0) is 0 Å². The van der Waals surface area contributed by atoms with E-state index in [-0.39, 0.29) is 5.91 Å². The van der Waals surface area contributed by atoms with E-state index in [9.17, 15) is 4.79 Å². The molecule has 0 spiro atoms. The topological polar surface area (TPSA) is 54.0 Å². The zero-order chi connectivity index (χ0) is 12.8. The Morgan fingerprint density at radius 2 is 2.28 bits per heavy atom. The van der Waals surface area contributed by atoms with Gasteiger partial charge in [0.1, 0.15) is 5.69 Å². The van der Waals surface area contributed by atoms with E-state index in [0.717, 1.165) is 31.5 Å². The highest BCUT2D eigenvalue weighted by atomic mass is 16.2. The Morgan fingerprint density at radius 1 is 1.44 bits per heavy atom. The van der Waals surface area contributed by atoms with Gasteiger partial charge in [0, 0.05) is 24.5 Å². The first-order valence-corrected chi connectivity index (χ1v) is 6.80. The van der Waals surface area contributed by atoms with Crippen molar-refractivity contribution in [2.75, 3.05) is 11.9 Å². The maximum Gasteiger partial charge on any atom is 0.270 e. The Balaban J connectivity index is 1.85. The van der Waals surface area contributed by atoms with Crippen LogP contribution in [0.1, 0.15) is 49.5 Å². The minimum Gasteiger partial charge on any atom is -0.385 e. The van der Waals surface area contributed by atoms with E-state index < -0.39 is 0 Å². The number of unbranched alkanes of at least 4 members (excludes halogenated alkanes) is 2. The monoisotopic (exact) mass is 247 g/mol. The first-order chi connectivity index (χ1) is 8.79. The average molecular weight is 247 g/mol. The van der Waals surface area contributed by atoms with Crippen molar-refractivity contribution in [2.45, 2.75) is 45.1 Å². The molecule has 0 aromatic carbocycles. The van der Waals surface area contributed by atoms with Crippen molar-refractivity contribution in [3.63, 3.8) is 0 Å². The highest BCUT2D eigenvalue weighted by Gasteiger charge is 2.24. The van der Waals surface area contributed by atoms with Gasteiger partial charge in [-0.2, -0.15) is 0 Å². The Morgan fingerprint density at radius 3 is 3.00 bits per heavy atom. The molecule has 1 saturated carbocycles. The molecule has 1 aromatic rings. The molecule has 4 nitrogen and oxygen atoms in total. The molecule has 18 heavy (non-hydrogen) atoms. The molecule has 2 N–H and O–H groups in total. The average Bonchev–Trinajstić information content (AvgIpc) is 3.19. The standard InChI is InChI=1S/C14H21N3O/c1-2-3-4-8-15-12-7-9-16-13(10-12)14(18)17-11-5-6-11/h7,9-11H,2-6,8H2,1H3,(H,15,16)(H,17,18). The molecular formula is C14H21N3O. The molecule has 0 radical (unpaired) electrons. The number of nitrogens with one attached hydrogen (secondary N) is 2. The molecule has 2 rings (SSSR count). The Hall–Kier alpha value is -1.58. The lowest BCUT2D eigenvalue weighted by Crippen LogP contribution is -2.26. The number of carbonyl (C=O) groups is 1. The second-order valence-corrected chi connectivity index (χ2v) is 4.81. The van der Waals surface area contributed by atoms with E-state index in [0.29, 0.717) is 11.7 Å². The van der Waals surface area contributed by atoms with Gasteiger partial charge in [-0.1, -0.05) is 19.8 Å². The molecule has 1 amide bonds. The predicted octanol–water partition coefficient (Wildman–Crippen LogP) is 2.58. The molecule has 1 aliphatic rings. The van der Waals surface area contributed by atoms with Gasteiger partial charge in [0.2, 0.25) is 0 Å². The molecule has 0 aliphatic heterocycles. The molecule has 0 bridgehead atoms. The molecule has 4 heteroatoms. The van der Waals surface area contributed by atoms with Crippen LogP contribution in [0, 0.1) is 0 Å². The number of pyridine rings is 1. The molecule has 0 atom stereocenters. The normalized spacial score (nSPS) is 14.3. The fourth-order valence-electron chi connectivity index (χ4n) is 1.76. The fourth-order valence-corrected chi connectivity index (χ4v) is 1.76. The van der Waals surface area contributed by atoms with Crippen molar-refractivity contribution in [1.29, 1.82) is 0 Å². The van der Waals surface area contributed by atoms with Crippen molar-refractivity contribution >= 4 is 11.6 Å². The van der Waals surface area contributed by atoms with Gasteiger partial charge >= 0.3 is 0 Å². The minimum atomic E-state index is -0.0605. The van der Waals surface area contributed by atoms with Crippen LogP contribution < -0.4 is 10.6 Å². The number of amides is 1. The largest absolute Gasteiger partial charge is 0.385 e. The minimum absolute atomic E-state index is 0.0605. The molecule has 0 saturated heterocycles. The maximum absolute atomic E-state index is 11.8. The van der Waals surface area contributed by atoms with Crippen LogP contribution in [0.15, 0.2) is 18.3 Å². The van der Waals surface area contributed by atoms with Crippen molar-refractivity contribution in [1.82, 2.24) is 10.3 Å². The van der Waals surface area contributed by atoms with E-state index in [1.165, 1.54) is 12.8 Å². The quantitative estimate of drug-likeness (QED) is 0.728. The third-order valence-electron chi connectivity index (χ3n) is 3.01. The predicted molar refractivity (Wildman–Crippen MR) is 72.7 cm³/mol. The van der Waals surface area contributed by atoms with Crippen LogP contribution in [0.25, 0.3) is 0 Å². The Labute approximate surface area is 108 Å². The van der Waals surface area contributed by atoms with E-state index >= 15 is 0 Å². The Kier molecular flexibility index (Phi) is 4.56. The van der Waals surface area contributed by atoms with Gasteiger partial charge in [0.05, 0.1) is 0 Å². The molecular weight excluding hydrogens is 226 g/mol. The number of rotatable bonds is 7. The second kappa shape index (κ2) is 6.38. The van der Waals surface area contributed by atoms with Crippen LogP contribution in [0.3, 0.4) is 0 Å². The lowest BCUT2D eigenvalue weighted by atomic mass is 10.2. The van der Waals surface area contributed by atoms with Gasteiger partial charge < -0.3 is 10.6 Å². The number of anilines is 1. The third-order valence-corrected chi connectivity index (χ3v) is 3.01. The highest BCUT2D eigenvalue weighted by molar-refractivity contribution is 5.93. The van der Waals surface area contributed by atoms with Gasteiger partial charge in [-0.25, -0.2) is 0 Å². The smallest absolute Gasteiger partial charge is 0.270 e. The van der Waals surface area contributed by atoms with Gasteiger partial charge in [-0.05, 0) is 31.4 Å². The highest BCUT2D eigenvalue weighted by Crippen LogP contribution is 2.19. The van der Waals surface area contributed by atoms with Crippen LogP contribution in [0.2, 0.25) is 0 Å². The lowest BCUT2D eigenvalue weighted by Gasteiger charge is -2.07. The van der Waals surface area contributed by atoms with E-state index in [1.54, 1.807) is 6.20 Å². The number of hydrogen-bond acceptors (Lipinski definition) is 3. The molecule has 1 aromatic heterocycles. The van der Waals surface area contributed by atoms with Gasteiger partial charge in [0.15, 0.2) is 0 Å². The van der Waals surface area contributed by atoms with E-state index in [4.69, 9.17) is 0 Å². The lowest BCUT2D eigenvalue weighted by molar-refractivity contribution is 0.0946. The third kappa shape index (κ3) is 4.02. The molecule has 98 valence electrons. The van der Waals surface area contributed by atoms with Crippen LogP contribution in [0.4, 0.5) is 5.69 Å². The van der Waals surface area contributed by atoms with Crippen molar-refractivity contribution in [2.24, 2.45) is 0 Å². The summed E-state index contributed by atoms with van der Waals surface area (Å²) in [6.07, 6.45) is 7.48. The van der Waals surface area contributed by atoms with E-state index in [2.05, 4.69) is 22.5 Å².